The number of nitrogens with zero attached hydrogens (tertiary/aromatic N) is 3. The fourth-order valence-corrected chi connectivity index (χ4v) is 0.784. The summed E-state index contributed by atoms with van der Waals surface area (Å²) in [4.78, 5) is 14.4. The van der Waals surface area contributed by atoms with Crippen LogP contribution in [-0.2, 0) is 0 Å². The highest BCUT2D eigenvalue weighted by atomic mass is 15.0. The van der Waals surface area contributed by atoms with Gasteiger partial charge in [-0.15, -0.1) is 0 Å². The average molecular weight is 203 g/mol. The number of rotatable bonds is 1. The van der Waals surface area contributed by atoms with Gasteiger partial charge in [-0.25, -0.2) is 15.0 Å². The van der Waals surface area contributed by atoms with E-state index in [-0.39, 0.29) is 0 Å². The van der Waals surface area contributed by atoms with Gasteiger partial charge in [-0.2, -0.15) is 0 Å². The van der Waals surface area contributed by atoms with E-state index in [2.05, 4.69) is 33.1 Å². The third kappa shape index (κ3) is 2.91. The summed E-state index contributed by atoms with van der Waals surface area (Å²) in [6.07, 6.45) is 4.65. The minimum Gasteiger partial charge on any atom is -0.382 e. The van der Waals surface area contributed by atoms with Crippen LogP contribution in [0, 0.1) is 0 Å². The predicted octanol–water partition coefficient (Wildman–Crippen LogP) is 1.68. The van der Waals surface area contributed by atoms with Crippen LogP contribution in [0.1, 0.15) is 6.92 Å². The Labute approximate surface area is 87.8 Å². The van der Waals surface area contributed by atoms with Gasteiger partial charge < -0.3 is 10.7 Å². The van der Waals surface area contributed by atoms with Crippen molar-refractivity contribution in [1.82, 2.24) is 19.9 Å². The molecule has 0 aliphatic rings. The summed E-state index contributed by atoms with van der Waals surface area (Å²) < 4.78 is 0. The molecule has 0 fully saturated rings. The summed E-state index contributed by atoms with van der Waals surface area (Å²) >= 11 is 0. The maximum atomic E-state index is 5.48. The third-order valence-electron chi connectivity index (χ3n) is 1.60. The lowest BCUT2D eigenvalue weighted by atomic mass is 10.4. The first-order chi connectivity index (χ1) is 7.15. The van der Waals surface area contributed by atoms with E-state index in [1.165, 1.54) is 12.7 Å². The molecule has 5 nitrogen and oxygen atoms in total. The van der Waals surface area contributed by atoms with Gasteiger partial charge in [-0.1, -0.05) is 24.8 Å². The zero-order valence-electron chi connectivity index (χ0n) is 8.57. The molecule has 3 N–H and O–H groups in total. The fraction of sp³-hybridized carbons (Fsp3) is 0.100. The standard InChI is InChI=1S/C5H5N5.C5H8/c6-4-3-5(9-1-7-3)10-2-8-4;1-4-5(2)3/h1-2H,(H3,6,7,8,9,10);4H,1-2H2,3H3. The molecule has 0 spiro atoms. The minimum atomic E-state index is 0.433. The molecule has 5 heteroatoms. The second-order valence-corrected chi connectivity index (χ2v) is 2.91. The molecular formula is C10H13N5. The molecule has 0 saturated heterocycles. The summed E-state index contributed by atoms with van der Waals surface area (Å²) in [6, 6.07) is 0. The van der Waals surface area contributed by atoms with Gasteiger partial charge in [-0.3, -0.25) is 0 Å². The van der Waals surface area contributed by atoms with Crippen molar-refractivity contribution in [1.29, 1.82) is 0 Å². The molecule has 0 amide bonds. The predicted molar refractivity (Wildman–Crippen MR) is 61.1 cm³/mol. The first kappa shape index (κ1) is 10.9. The maximum absolute atomic E-state index is 5.48. The van der Waals surface area contributed by atoms with Crippen molar-refractivity contribution < 1.29 is 0 Å². The van der Waals surface area contributed by atoms with E-state index in [0.29, 0.717) is 17.0 Å². The number of nitrogens with two attached hydrogens (primary N) is 1. The molecule has 15 heavy (non-hydrogen) atoms. The third-order valence-corrected chi connectivity index (χ3v) is 1.60. The van der Waals surface area contributed by atoms with E-state index < -0.39 is 0 Å². The van der Waals surface area contributed by atoms with Crippen molar-refractivity contribution in [2.45, 2.75) is 6.92 Å². The van der Waals surface area contributed by atoms with E-state index >= 15 is 0 Å². The number of aromatic nitrogens is 4. The van der Waals surface area contributed by atoms with Crippen LogP contribution in [0.3, 0.4) is 0 Å². The normalized spacial score (nSPS) is 9.13. The summed E-state index contributed by atoms with van der Waals surface area (Å²) in [7, 11) is 0. The number of nitrogens with one attached hydrogen (secondary N) is 1. The number of anilines is 1. The Morgan fingerprint density at radius 2 is 2.13 bits per heavy atom. The van der Waals surface area contributed by atoms with Gasteiger partial charge in [0.1, 0.15) is 11.8 Å². The van der Waals surface area contributed by atoms with Crippen molar-refractivity contribution in [2.24, 2.45) is 0 Å². The van der Waals surface area contributed by atoms with E-state index in [1.54, 1.807) is 6.08 Å². The Kier molecular flexibility index (Phi) is 3.56. The highest BCUT2D eigenvalue weighted by Crippen LogP contribution is 2.09. The smallest absolute Gasteiger partial charge is 0.182 e. The molecule has 0 aliphatic carbocycles. The van der Waals surface area contributed by atoms with Crippen LogP contribution in [0.25, 0.3) is 11.2 Å². The number of allylic oxidation sites excluding steroid dienone is 2. The number of hydrogen-bond donors (Lipinski definition) is 2. The molecular weight excluding hydrogens is 190 g/mol. The van der Waals surface area contributed by atoms with Crippen LogP contribution < -0.4 is 5.73 Å². The van der Waals surface area contributed by atoms with Gasteiger partial charge in [-0.05, 0) is 6.92 Å². The molecule has 0 saturated carbocycles. The summed E-state index contributed by atoms with van der Waals surface area (Å²) in [6.45, 7) is 8.93. The van der Waals surface area contributed by atoms with Gasteiger partial charge in [0.15, 0.2) is 11.5 Å². The van der Waals surface area contributed by atoms with E-state index in [0.717, 1.165) is 5.57 Å². The minimum absolute atomic E-state index is 0.433. The Morgan fingerprint density at radius 1 is 1.47 bits per heavy atom. The molecule has 0 radical (unpaired) electrons. The lowest BCUT2D eigenvalue weighted by Gasteiger charge is -1.89. The molecule has 2 heterocycles. The number of H-pyrrole nitrogens is 1. The fourth-order valence-electron chi connectivity index (χ4n) is 0.784. The number of imidazole rings is 1. The van der Waals surface area contributed by atoms with Crippen molar-refractivity contribution >= 4 is 17.0 Å². The lowest BCUT2D eigenvalue weighted by Crippen LogP contribution is -1.91. The van der Waals surface area contributed by atoms with E-state index in [1.807, 2.05) is 6.92 Å². The van der Waals surface area contributed by atoms with Gasteiger partial charge in [0.25, 0.3) is 0 Å². The Morgan fingerprint density at radius 3 is 2.67 bits per heavy atom. The molecule has 0 aromatic carbocycles. The molecule has 0 bridgehead atoms. The van der Waals surface area contributed by atoms with Crippen LogP contribution in [0.4, 0.5) is 5.82 Å². The van der Waals surface area contributed by atoms with Crippen LogP contribution in [-0.4, -0.2) is 19.9 Å². The lowest BCUT2D eigenvalue weighted by molar-refractivity contribution is 1.21. The maximum Gasteiger partial charge on any atom is 0.182 e. The zero-order chi connectivity index (χ0) is 11.3. The summed E-state index contributed by atoms with van der Waals surface area (Å²) in [5.41, 5.74) is 7.80. The Hall–Kier alpha value is -2.17. The average Bonchev–Trinajstić information content (AvgIpc) is 2.68. The van der Waals surface area contributed by atoms with E-state index in [4.69, 9.17) is 5.73 Å². The van der Waals surface area contributed by atoms with Crippen LogP contribution >= 0.6 is 0 Å². The van der Waals surface area contributed by atoms with Crippen molar-refractivity contribution in [3.8, 4) is 0 Å². The second-order valence-electron chi connectivity index (χ2n) is 2.91. The zero-order valence-corrected chi connectivity index (χ0v) is 8.57. The molecule has 78 valence electrons. The van der Waals surface area contributed by atoms with E-state index in [9.17, 15) is 0 Å². The molecule has 2 aromatic rings. The first-order valence-electron chi connectivity index (χ1n) is 4.32. The van der Waals surface area contributed by atoms with Gasteiger partial charge in [0, 0.05) is 0 Å². The van der Waals surface area contributed by atoms with Gasteiger partial charge in [0.05, 0.1) is 6.33 Å². The number of hydrogen-bond acceptors (Lipinski definition) is 4. The highest BCUT2D eigenvalue weighted by molar-refractivity contribution is 5.80. The number of aromatic amines is 1. The van der Waals surface area contributed by atoms with Crippen molar-refractivity contribution in [2.75, 3.05) is 5.73 Å². The molecule has 0 aliphatic heterocycles. The van der Waals surface area contributed by atoms with Crippen molar-refractivity contribution in [3.05, 3.63) is 37.5 Å². The topological polar surface area (TPSA) is 80.5 Å². The molecule has 0 unspecified atom stereocenters. The first-order valence-corrected chi connectivity index (χ1v) is 4.32. The number of nitrogen functional groups attached to an aromatic ring is 1. The van der Waals surface area contributed by atoms with Gasteiger partial charge in [0.2, 0.25) is 0 Å². The Balaban J connectivity index is 0.000000195. The molecule has 2 aromatic heterocycles. The summed E-state index contributed by atoms with van der Waals surface area (Å²) in [5.74, 6) is 0.433. The summed E-state index contributed by atoms with van der Waals surface area (Å²) in [5, 5.41) is 0. The Bertz CT molecular complexity index is 471. The van der Waals surface area contributed by atoms with Gasteiger partial charge >= 0.3 is 0 Å². The highest BCUT2D eigenvalue weighted by Gasteiger charge is 1.99. The SMILES string of the molecule is C=CC(=C)C.Nc1ncnc2nc[nH]c12. The monoisotopic (exact) mass is 203 g/mol. The molecule has 2 rings (SSSR count). The van der Waals surface area contributed by atoms with Crippen LogP contribution in [0.15, 0.2) is 37.5 Å². The quantitative estimate of drug-likeness (QED) is 0.691. The van der Waals surface area contributed by atoms with Crippen LogP contribution in [0.2, 0.25) is 0 Å². The second kappa shape index (κ2) is 4.90. The van der Waals surface area contributed by atoms with Crippen LogP contribution in [0.5, 0.6) is 0 Å². The van der Waals surface area contributed by atoms with Crippen molar-refractivity contribution in [3.63, 3.8) is 0 Å². The molecule has 0 atom stereocenters. The number of fused-ring (bicyclic) bond motifs is 1. The largest absolute Gasteiger partial charge is 0.382 e.